The van der Waals surface area contributed by atoms with Crippen molar-refractivity contribution >= 4 is 11.8 Å². The van der Waals surface area contributed by atoms with Gasteiger partial charge < -0.3 is 16.0 Å². The number of benzene rings is 4. The van der Waals surface area contributed by atoms with Crippen LogP contribution in [0.4, 0.5) is 0 Å². The highest BCUT2D eigenvalue weighted by Crippen LogP contribution is 2.40. The number of rotatable bonds is 13. The third-order valence-corrected chi connectivity index (χ3v) is 7.81. The Kier molecular flexibility index (Phi) is 9.61. The van der Waals surface area contributed by atoms with E-state index < -0.39 is 6.04 Å². The zero-order chi connectivity index (χ0) is 28.4. The lowest BCUT2D eigenvalue weighted by atomic mass is 10.0. The maximum Gasteiger partial charge on any atom is 0.251 e. The van der Waals surface area contributed by atoms with Crippen molar-refractivity contribution in [3.05, 3.63) is 131 Å². The van der Waals surface area contributed by atoms with Crippen molar-refractivity contribution in [3.63, 3.8) is 0 Å². The molecule has 1 aliphatic rings. The molecule has 0 aromatic heterocycles. The predicted molar refractivity (Wildman–Crippen MR) is 166 cm³/mol. The van der Waals surface area contributed by atoms with Gasteiger partial charge in [0.1, 0.15) is 6.04 Å². The third-order valence-electron chi connectivity index (χ3n) is 7.81. The summed E-state index contributed by atoms with van der Waals surface area (Å²) < 4.78 is 0. The van der Waals surface area contributed by atoms with E-state index in [1.165, 1.54) is 17.5 Å². The standard InChI is InChI=1S/C36H39N3O2/c1-26-15-17-27(18-16-26)25-38-36(41)33(14-8-9-23-37-34-24-32(34)30-12-6-3-7-13-30)39-35(40)31-21-19-29(20-22-31)28-10-4-2-5-11-28/h2-7,10-13,15-22,32-34,37H,8-9,14,23-25H2,1H3,(H,38,41)(H,39,40)/t32?,33-,34?/m0/s1. The minimum atomic E-state index is -0.597. The molecule has 41 heavy (non-hydrogen) atoms. The van der Waals surface area contributed by atoms with Gasteiger partial charge in [0.25, 0.3) is 5.91 Å². The first-order valence-electron chi connectivity index (χ1n) is 14.6. The first-order valence-corrected chi connectivity index (χ1v) is 14.6. The van der Waals surface area contributed by atoms with E-state index in [0.29, 0.717) is 30.5 Å². The van der Waals surface area contributed by atoms with Crippen molar-refractivity contribution < 1.29 is 9.59 Å². The zero-order valence-electron chi connectivity index (χ0n) is 23.7. The SMILES string of the molecule is Cc1ccc(CNC(=O)[C@H](CCCCNC2CC2c2ccccc2)NC(=O)c2ccc(-c3ccccc3)cc2)cc1. The van der Waals surface area contributed by atoms with Crippen LogP contribution in [0.3, 0.4) is 0 Å². The minimum absolute atomic E-state index is 0.154. The highest BCUT2D eigenvalue weighted by Gasteiger charge is 2.37. The highest BCUT2D eigenvalue weighted by molar-refractivity contribution is 5.97. The number of nitrogens with one attached hydrogen (secondary N) is 3. The Balaban J connectivity index is 1.14. The van der Waals surface area contributed by atoms with Gasteiger partial charge in [0.15, 0.2) is 0 Å². The van der Waals surface area contributed by atoms with Gasteiger partial charge in [0.05, 0.1) is 0 Å². The van der Waals surface area contributed by atoms with E-state index in [9.17, 15) is 9.59 Å². The van der Waals surface area contributed by atoms with Crippen LogP contribution in [0, 0.1) is 6.92 Å². The minimum Gasteiger partial charge on any atom is -0.350 e. The van der Waals surface area contributed by atoms with Gasteiger partial charge in [0, 0.05) is 24.1 Å². The molecule has 0 aliphatic heterocycles. The Morgan fingerprint density at radius 3 is 2.15 bits per heavy atom. The highest BCUT2D eigenvalue weighted by atomic mass is 16.2. The van der Waals surface area contributed by atoms with Gasteiger partial charge in [-0.15, -0.1) is 0 Å². The van der Waals surface area contributed by atoms with Gasteiger partial charge in [-0.1, -0.05) is 103 Å². The van der Waals surface area contributed by atoms with Crippen LogP contribution in [0.25, 0.3) is 11.1 Å². The zero-order valence-corrected chi connectivity index (χ0v) is 23.7. The Hall–Kier alpha value is -4.22. The fourth-order valence-electron chi connectivity index (χ4n) is 5.22. The number of aryl methyl sites for hydroxylation is 1. The number of unbranched alkanes of at least 4 members (excludes halogenated alkanes) is 1. The Morgan fingerprint density at radius 1 is 0.780 bits per heavy atom. The van der Waals surface area contributed by atoms with Gasteiger partial charge in [0.2, 0.25) is 5.91 Å². The summed E-state index contributed by atoms with van der Waals surface area (Å²) in [7, 11) is 0. The fraction of sp³-hybridized carbons (Fsp3) is 0.278. The molecule has 5 rings (SSSR count). The van der Waals surface area contributed by atoms with E-state index in [1.807, 2.05) is 85.8 Å². The van der Waals surface area contributed by atoms with Crippen molar-refractivity contribution in [3.8, 4) is 11.1 Å². The molecule has 1 saturated carbocycles. The molecular formula is C36H39N3O2. The average Bonchev–Trinajstić information content (AvgIpc) is 3.80. The molecule has 5 nitrogen and oxygen atoms in total. The number of carbonyl (C=O) groups excluding carboxylic acids is 2. The van der Waals surface area contributed by atoms with Gasteiger partial charge >= 0.3 is 0 Å². The molecule has 1 aliphatic carbocycles. The number of hydrogen-bond donors (Lipinski definition) is 3. The Morgan fingerprint density at radius 2 is 1.44 bits per heavy atom. The summed E-state index contributed by atoms with van der Waals surface area (Å²) in [5.74, 6) is 0.213. The van der Waals surface area contributed by atoms with Crippen LogP contribution in [0.2, 0.25) is 0 Å². The van der Waals surface area contributed by atoms with Gasteiger partial charge in [-0.3, -0.25) is 9.59 Å². The van der Waals surface area contributed by atoms with Crippen LogP contribution in [-0.2, 0) is 11.3 Å². The quantitative estimate of drug-likeness (QED) is 0.171. The molecule has 0 radical (unpaired) electrons. The molecule has 0 spiro atoms. The molecule has 2 amide bonds. The molecule has 2 unspecified atom stereocenters. The number of carbonyl (C=O) groups is 2. The first kappa shape index (κ1) is 28.3. The van der Waals surface area contributed by atoms with E-state index in [4.69, 9.17) is 0 Å². The fourth-order valence-corrected chi connectivity index (χ4v) is 5.22. The molecule has 210 valence electrons. The first-order chi connectivity index (χ1) is 20.1. The second-order valence-corrected chi connectivity index (χ2v) is 11.0. The topological polar surface area (TPSA) is 70.2 Å². The Labute approximate surface area is 243 Å². The van der Waals surface area contributed by atoms with E-state index in [0.717, 1.165) is 36.1 Å². The van der Waals surface area contributed by atoms with Crippen molar-refractivity contribution in [2.75, 3.05) is 6.54 Å². The Bertz CT molecular complexity index is 1400. The maximum atomic E-state index is 13.2. The summed E-state index contributed by atoms with van der Waals surface area (Å²) in [6.45, 7) is 3.38. The van der Waals surface area contributed by atoms with Gasteiger partial charge in [-0.25, -0.2) is 0 Å². The summed E-state index contributed by atoms with van der Waals surface area (Å²) in [6.07, 6.45) is 3.54. The van der Waals surface area contributed by atoms with Crippen LogP contribution in [0.5, 0.6) is 0 Å². The van der Waals surface area contributed by atoms with Crippen LogP contribution >= 0.6 is 0 Å². The molecule has 3 atom stereocenters. The molecule has 5 heteroatoms. The number of hydrogen-bond acceptors (Lipinski definition) is 3. The molecule has 3 N–H and O–H groups in total. The maximum absolute atomic E-state index is 13.2. The number of amides is 2. The second kappa shape index (κ2) is 13.9. The summed E-state index contributed by atoms with van der Waals surface area (Å²) in [5.41, 5.74) is 6.30. The van der Waals surface area contributed by atoms with Gasteiger partial charge in [-0.2, -0.15) is 0 Å². The van der Waals surface area contributed by atoms with E-state index in [1.54, 1.807) is 0 Å². The smallest absolute Gasteiger partial charge is 0.251 e. The third kappa shape index (κ3) is 8.15. The molecule has 4 aromatic rings. The monoisotopic (exact) mass is 545 g/mol. The van der Waals surface area contributed by atoms with Crippen LogP contribution in [-0.4, -0.2) is 30.4 Å². The molecule has 0 bridgehead atoms. The van der Waals surface area contributed by atoms with E-state index >= 15 is 0 Å². The lowest BCUT2D eigenvalue weighted by molar-refractivity contribution is -0.123. The van der Waals surface area contributed by atoms with E-state index in [2.05, 4.69) is 46.3 Å². The summed E-state index contributed by atoms with van der Waals surface area (Å²) in [5, 5.41) is 9.69. The van der Waals surface area contributed by atoms with Crippen molar-refractivity contribution in [1.82, 2.24) is 16.0 Å². The molecule has 4 aromatic carbocycles. The largest absolute Gasteiger partial charge is 0.350 e. The average molecular weight is 546 g/mol. The van der Waals surface area contributed by atoms with Crippen LogP contribution in [0.1, 0.15) is 58.6 Å². The van der Waals surface area contributed by atoms with Crippen molar-refractivity contribution in [2.45, 2.75) is 57.2 Å². The molecule has 0 saturated heterocycles. The van der Waals surface area contributed by atoms with Crippen molar-refractivity contribution in [1.29, 1.82) is 0 Å². The second-order valence-electron chi connectivity index (χ2n) is 11.0. The lowest BCUT2D eigenvalue weighted by Crippen LogP contribution is -2.46. The molecule has 0 heterocycles. The predicted octanol–water partition coefficient (Wildman–Crippen LogP) is 6.39. The summed E-state index contributed by atoms with van der Waals surface area (Å²) in [4.78, 5) is 26.4. The van der Waals surface area contributed by atoms with Gasteiger partial charge in [-0.05, 0) is 73.5 Å². The summed E-state index contributed by atoms with van der Waals surface area (Å²) in [6, 6.07) is 36.3. The van der Waals surface area contributed by atoms with Crippen LogP contribution < -0.4 is 16.0 Å². The van der Waals surface area contributed by atoms with Crippen molar-refractivity contribution in [2.24, 2.45) is 0 Å². The van der Waals surface area contributed by atoms with Crippen LogP contribution in [0.15, 0.2) is 109 Å². The molecule has 1 fully saturated rings. The van der Waals surface area contributed by atoms with E-state index in [-0.39, 0.29) is 11.8 Å². The molecular weight excluding hydrogens is 506 g/mol. The lowest BCUT2D eigenvalue weighted by Gasteiger charge is -2.19. The normalized spacial score (nSPS) is 16.5. The summed E-state index contributed by atoms with van der Waals surface area (Å²) >= 11 is 0.